The SMILES string of the molecule is CC(Sc1nc(-c2ccc(Br)cc2)c(-c2ccc(Br)cc2)o1)C(=O)O. The summed E-state index contributed by atoms with van der Waals surface area (Å²) in [5.74, 6) is -0.284. The van der Waals surface area contributed by atoms with E-state index in [0.717, 1.165) is 31.8 Å². The summed E-state index contributed by atoms with van der Waals surface area (Å²) >= 11 is 7.93. The Balaban J connectivity index is 2.07. The summed E-state index contributed by atoms with van der Waals surface area (Å²) < 4.78 is 7.85. The second-order valence-corrected chi connectivity index (χ2v) is 8.39. The van der Waals surface area contributed by atoms with Gasteiger partial charge in [0.2, 0.25) is 0 Å². The quantitative estimate of drug-likeness (QED) is 0.445. The van der Waals surface area contributed by atoms with Crippen LogP contribution in [0.25, 0.3) is 22.6 Å². The standard InChI is InChI=1S/C18H13Br2NO3S/c1-10(17(22)23)25-18-21-15(11-2-6-13(19)7-3-11)16(24-18)12-4-8-14(20)9-5-12/h2-10H,1H3,(H,22,23). The number of halogens is 2. The van der Waals surface area contributed by atoms with Gasteiger partial charge in [-0.15, -0.1) is 0 Å². The van der Waals surface area contributed by atoms with Crippen molar-refractivity contribution in [3.63, 3.8) is 0 Å². The molecule has 0 aliphatic heterocycles. The molecule has 0 aliphatic rings. The molecule has 4 nitrogen and oxygen atoms in total. The summed E-state index contributed by atoms with van der Waals surface area (Å²) in [6.07, 6.45) is 0. The molecule has 0 saturated heterocycles. The van der Waals surface area contributed by atoms with E-state index < -0.39 is 11.2 Å². The number of benzene rings is 2. The molecule has 2 aromatic carbocycles. The summed E-state index contributed by atoms with van der Waals surface area (Å²) in [5.41, 5.74) is 2.47. The van der Waals surface area contributed by atoms with E-state index in [1.807, 2.05) is 48.5 Å². The molecule has 1 N–H and O–H groups in total. The zero-order valence-electron chi connectivity index (χ0n) is 13.1. The molecule has 0 fully saturated rings. The van der Waals surface area contributed by atoms with Crippen molar-refractivity contribution in [2.45, 2.75) is 17.4 Å². The lowest BCUT2D eigenvalue weighted by Crippen LogP contribution is -2.10. The van der Waals surface area contributed by atoms with Crippen LogP contribution in [0.3, 0.4) is 0 Å². The third-order valence-corrected chi connectivity index (χ3v) is 5.45. The van der Waals surface area contributed by atoms with Crippen LogP contribution in [0.2, 0.25) is 0 Å². The Morgan fingerprint density at radius 3 is 2.08 bits per heavy atom. The highest BCUT2D eigenvalue weighted by Crippen LogP contribution is 2.37. The van der Waals surface area contributed by atoms with Crippen LogP contribution in [0.5, 0.6) is 0 Å². The zero-order chi connectivity index (χ0) is 18.0. The lowest BCUT2D eigenvalue weighted by atomic mass is 10.1. The number of aliphatic carboxylic acids is 1. The largest absolute Gasteiger partial charge is 0.480 e. The van der Waals surface area contributed by atoms with Gasteiger partial charge in [-0.05, 0) is 31.2 Å². The minimum absolute atomic E-state index is 0.339. The Hall–Kier alpha value is -1.57. The molecule has 3 aromatic rings. The van der Waals surface area contributed by atoms with E-state index in [4.69, 9.17) is 9.52 Å². The minimum Gasteiger partial charge on any atom is -0.480 e. The summed E-state index contributed by atoms with van der Waals surface area (Å²) in [7, 11) is 0. The number of oxazole rings is 1. The molecule has 1 heterocycles. The minimum atomic E-state index is -0.904. The average molecular weight is 483 g/mol. The van der Waals surface area contributed by atoms with Crippen LogP contribution in [0.1, 0.15) is 6.92 Å². The van der Waals surface area contributed by atoms with E-state index in [1.54, 1.807) is 6.92 Å². The molecular formula is C18H13Br2NO3S. The van der Waals surface area contributed by atoms with Crippen molar-refractivity contribution in [2.24, 2.45) is 0 Å². The number of nitrogens with zero attached hydrogens (tertiary/aromatic N) is 1. The molecular weight excluding hydrogens is 470 g/mol. The van der Waals surface area contributed by atoms with Gasteiger partial charge in [0.1, 0.15) is 10.9 Å². The number of carboxylic acids is 1. The topological polar surface area (TPSA) is 63.3 Å². The number of hydrogen-bond acceptors (Lipinski definition) is 4. The average Bonchev–Trinajstić information content (AvgIpc) is 3.00. The van der Waals surface area contributed by atoms with Crippen LogP contribution >= 0.6 is 43.6 Å². The third kappa shape index (κ3) is 4.34. The summed E-state index contributed by atoms with van der Waals surface area (Å²) in [6.45, 7) is 1.61. The highest BCUT2D eigenvalue weighted by Gasteiger charge is 2.21. The second kappa shape index (κ2) is 7.76. The van der Waals surface area contributed by atoms with Gasteiger partial charge in [0.25, 0.3) is 5.22 Å². The fourth-order valence-corrected chi connectivity index (χ4v) is 3.36. The molecule has 0 spiro atoms. The van der Waals surface area contributed by atoms with E-state index in [0.29, 0.717) is 16.7 Å². The van der Waals surface area contributed by atoms with Crippen molar-refractivity contribution in [3.8, 4) is 22.6 Å². The fraction of sp³-hybridized carbons (Fsp3) is 0.111. The van der Waals surface area contributed by atoms with E-state index in [9.17, 15) is 4.79 Å². The monoisotopic (exact) mass is 481 g/mol. The van der Waals surface area contributed by atoms with Gasteiger partial charge < -0.3 is 9.52 Å². The van der Waals surface area contributed by atoms with Crippen LogP contribution in [0.4, 0.5) is 0 Å². The Labute approximate surface area is 165 Å². The fourth-order valence-electron chi connectivity index (χ4n) is 2.15. The number of hydrogen-bond donors (Lipinski definition) is 1. The zero-order valence-corrected chi connectivity index (χ0v) is 17.1. The highest BCUT2D eigenvalue weighted by molar-refractivity contribution is 9.10. The van der Waals surface area contributed by atoms with Gasteiger partial charge in [-0.1, -0.05) is 67.9 Å². The van der Waals surface area contributed by atoms with Gasteiger partial charge >= 0.3 is 5.97 Å². The Kier molecular flexibility index (Phi) is 5.66. The summed E-state index contributed by atoms with van der Waals surface area (Å²) in [5, 5.41) is 8.81. The predicted molar refractivity (Wildman–Crippen MR) is 106 cm³/mol. The molecule has 0 amide bonds. The van der Waals surface area contributed by atoms with Crippen LogP contribution in [0.15, 0.2) is 67.1 Å². The van der Waals surface area contributed by atoms with Crippen LogP contribution in [-0.2, 0) is 4.79 Å². The smallest absolute Gasteiger partial charge is 0.316 e. The van der Waals surface area contributed by atoms with Gasteiger partial charge in [-0.25, -0.2) is 4.98 Å². The maximum absolute atomic E-state index is 11.1. The molecule has 3 rings (SSSR count). The number of carboxylic acid groups (broad SMARTS) is 1. The van der Waals surface area contributed by atoms with Crippen LogP contribution in [-0.4, -0.2) is 21.3 Å². The van der Waals surface area contributed by atoms with Crippen LogP contribution in [0, 0.1) is 0 Å². The lowest BCUT2D eigenvalue weighted by molar-refractivity contribution is -0.136. The van der Waals surface area contributed by atoms with Gasteiger partial charge in [0.15, 0.2) is 5.76 Å². The number of rotatable bonds is 5. The van der Waals surface area contributed by atoms with Crippen LogP contribution < -0.4 is 0 Å². The van der Waals surface area contributed by atoms with E-state index >= 15 is 0 Å². The Morgan fingerprint density at radius 2 is 1.56 bits per heavy atom. The Bertz CT molecular complexity index is 829. The first kappa shape index (κ1) is 18.2. The maximum Gasteiger partial charge on any atom is 0.316 e. The predicted octanol–water partition coefficient (Wildman–Crippen LogP) is 6.10. The molecule has 128 valence electrons. The van der Waals surface area contributed by atoms with Gasteiger partial charge in [0, 0.05) is 20.1 Å². The summed E-state index contributed by atoms with van der Waals surface area (Å²) in [4.78, 5) is 15.6. The number of aromatic nitrogens is 1. The number of thioether (sulfide) groups is 1. The van der Waals surface area contributed by atoms with Crippen molar-refractivity contribution in [1.82, 2.24) is 4.98 Å². The molecule has 1 atom stereocenters. The molecule has 0 saturated carbocycles. The van der Waals surface area contributed by atoms with Crippen molar-refractivity contribution in [3.05, 3.63) is 57.5 Å². The second-order valence-electron chi connectivity index (χ2n) is 5.27. The highest BCUT2D eigenvalue weighted by atomic mass is 79.9. The molecule has 0 bridgehead atoms. The van der Waals surface area contributed by atoms with Crippen molar-refractivity contribution >= 4 is 49.6 Å². The first-order chi connectivity index (χ1) is 11.9. The number of carbonyl (C=O) groups is 1. The van der Waals surface area contributed by atoms with E-state index in [1.165, 1.54) is 0 Å². The molecule has 7 heteroatoms. The molecule has 0 radical (unpaired) electrons. The molecule has 1 aromatic heterocycles. The van der Waals surface area contributed by atoms with Crippen molar-refractivity contribution in [1.29, 1.82) is 0 Å². The molecule has 1 unspecified atom stereocenters. The van der Waals surface area contributed by atoms with E-state index in [2.05, 4.69) is 36.8 Å². The normalized spacial score (nSPS) is 12.1. The van der Waals surface area contributed by atoms with Gasteiger partial charge in [-0.2, -0.15) is 0 Å². The maximum atomic E-state index is 11.1. The van der Waals surface area contributed by atoms with Crippen molar-refractivity contribution < 1.29 is 14.3 Å². The third-order valence-electron chi connectivity index (χ3n) is 3.46. The first-order valence-corrected chi connectivity index (χ1v) is 9.83. The summed E-state index contributed by atoms with van der Waals surface area (Å²) in [6, 6.07) is 15.5. The van der Waals surface area contributed by atoms with Gasteiger partial charge in [0.05, 0.1) is 0 Å². The lowest BCUT2D eigenvalue weighted by Gasteiger charge is -2.02. The molecule has 0 aliphatic carbocycles. The van der Waals surface area contributed by atoms with Gasteiger partial charge in [-0.3, -0.25) is 4.79 Å². The van der Waals surface area contributed by atoms with E-state index in [-0.39, 0.29) is 0 Å². The molecule has 25 heavy (non-hydrogen) atoms. The Morgan fingerprint density at radius 1 is 1.04 bits per heavy atom. The van der Waals surface area contributed by atoms with Crippen molar-refractivity contribution in [2.75, 3.05) is 0 Å². The first-order valence-electron chi connectivity index (χ1n) is 7.36.